The Morgan fingerprint density at radius 3 is 2.72 bits per heavy atom. The third-order valence-electron chi connectivity index (χ3n) is 5.61. The average molecular weight is 390 g/mol. The Balaban J connectivity index is 1.56. The van der Waals surface area contributed by atoms with Crippen LogP contribution in [-0.4, -0.2) is 27.7 Å². The number of anilines is 1. The molecule has 3 aromatic rings. The second-order valence-corrected chi connectivity index (χ2v) is 7.30. The Labute approximate surface area is 167 Å². The molecule has 0 saturated carbocycles. The zero-order valence-corrected chi connectivity index (χ0v) is 15.8. The lowest BCUT2D eigenvalue weighted by Crippen LogP contribution is -2.33. The quantitative estimate of drug-likeness (QED) is 0.736. The number of nitrogens with zero attached hydrogens (tertiary/aromatic N) is 3. The monoisotopic (exact) mass is 390 g/mol. The van der Waals surface area contributed by atoms with E-state index in [9.17, 15) is 9.18 Å². The number of aromatic nitrogens is 3. The van der Waals surface area contributed by atoms with Gasteiger partial charge in [-0.25, -0.2) is 9.07 Å². The van der Waals surface area contributed by atoms with Crippen LogP contribution in [0, 0.1) is 5.82 Å². The topological polar surface area (TPSA) is 69.0 Å². The minimum absolute atomic E-state index is 0.0370. The Kier molecular flexibility index (Phi) is 4.16. The normalized spacial score (nSPS) is 20.7. The molecule has 0 amide bonds. The summed E-state index contributed by atoms with van der Waals surface area (Å²) in [5, 5.41) is 7.56. The molecule has 1 aliphatic carbocycles. The van der Waals surface area contributed by atoms with Crippen molar-refractivity contribution in [2.45, 2.75) is 24.8 Å². The van der Waals surface area contributed by atoms with Gasteiger partial charge in [0, 0.05) is 17.7 Å². The van der Waals surface area contributed by atoms with Crippen LogP contribution in [0.15, 0.2) is 66.1 Å². The molecule has 1 aliphatic heterocycles. The van der Waals surface area contributed by atoms with E-state index in [1.54, 1.807) is 17.9 Å². The number of halogens is 1. The van der Waals surface area contributed by atoms with Gasteiger partial charge >= 0.3 is 0 Å². The molecule has 2 aliphatic rings. The highest BCUT2D eigenvalue weighted by Gasteiger charge is 2.39. The SMILES string of the molecule is COc1ccc(C2CC(=O)C3=C(C2)Nc2ncnn2C3c2cccc(F)c2)cc1. The maximum absolute atomic E-state index is 13.9. The first kappa shape index (κ1) is 17.6. The van der Waals surface area contributed by atoms with Gasteiger partial charge in [-0.2, -0.15) is 10.1 Å². The summed E-state index contributed by atoms with van der Waals surface area (Å²) in [6.45, 7) is 0. The molecule has 7 heteroatoms. The third kappa shape index (κ3) is 2.99. The van der Waals surface area contributed by atoms with E-state index in [1.807, 2.05) is 30.3 Å². The smallest absolute Gasteiger partial charge is 0.226 e. The van der Waals surface area contributed by atoms with E-state index >= 15 is 0 Å². The van der Waals surface area contributed by atoms with Gasteiger partial charge in [0.2, 0.25) is 5.95 Å². The van der Waals surface area contributed by atoms with E-state index in [2.05, 4.69) is 15.4 Å². The fourth-order valence-corrected chi connectivity index (χ4v) is 4.25. The molecule has 0 saturated heterocycles. The predicted octanol–water partition coefficient (Wildman–Crippen LogP) is 3.84. The Bertz CT molecular complexity index is 1120. The number of carbonyl (C=O) groups excluding carboxylic acids is 1. The molecule has 1 N–H and O–H groups in total. The highest BCUT2D eigenvalue weighted by molar-refractivity contribution is 6.00. The number of carbonyl (C=O) groups is 1. The van der Waals surface area contributed by atoms with E-state index in [0.29, 0.717) is 29.9 Å². The fraction of sp³-hybridized carbons (Fsp3) is 0.227. The van der Waals surface area contributed by atoms with Crippen LogP contribution < -0.4 is 10.1 Å². The van der Waals surface area contributed by atoms with Gasteiger partial charge in [-0.15, -0.1) is 0 Å². The molecule has 2 unspecified atom stereocenters. The highest BCUT2D eigenvalue weighted by atomic mass is 19.1. The number of methoxy groups -OCH3 is 1. The van der Waals surface area contributed by atoms with Crippen molar-refractivity contribution >= 4 is 11.7 Å². The molecule has 5 rings (SSSR count). The van der Waals surface area contributed by atoms with Gasteiger partial charge in [-0.3, -0.25) is 4.79 Å². The van der Waals surface area contributed by atoms with Crippen molar-refractivity contribution in [1.82, 2.24) is 14.8 Å². The third-order valence-corrected chi connectivity index (χ3v) is 5.61. The zero-order valence-electron chi connectivity index (χ0n) is 15.8. The number of allylic oxidation sites excluding steroid dienone is 2. The van der Waals surface area contributed by atoms with E-state index < -0.39 is 6.04 Å². The maximum Gasteiger partial charge on any atom is 0.226 e. The molecule has 0 fully saturated rings. The Morgan fingerprint density at radius 1 is 1.14 bits per heavy atom. The summed E-state index contributed by atoms with van der Waals surface area (Å²) in [6, 6.07) is 13.6. The van der Waals surface area contributed by atoms with Crippen LogP contribution >= 0.6 is 0 Å². The molecule has 146 valence electrons. The van der Waals surface area contributed by atoms with Crippen LogP contribution in [0.25, 0.3) is 0 Å². The Morgan fingerprint density at radius 2 is 1.97 bits per heavy atom. The van der Waals surface area contributed by atoms with E-state index in [0.717, 1.165) is 17.0 Å². The summed E-state index contributed by atoms with van der Waals surface area (Å²) in [5.41, 5.74) is 3.24. The summed E-state index contributed by atoms with van der Waals surface area (Å²) in [5.74, 6) is 1.09. The number of benzene rings is 2. The van der Waals surface area contributed by atoms with Crippen LogP contribution in [0.3, 0.4) is 0 Å². The summed E-state index contributed by atoms with van der Waals surface area (Å²) in [7, 11) is 1.63. The lowest BCUT2D eigenvalue weighted by Gasteiger charge is -2.35. The highest BCUT2D eigenvalue weighted by Crippen LogP contribution is 2.43. The molecule has 29 heavy (non-hydrogen) atoms. The number of ketones is 1. The average Bonchev–Trinajstić information content (AvgIpc) is 3.20. The van der Waals surface area contributed by atoms with Crippen molar-refractivity contribution in [2.24, 2.45) is 0 Å². The maximum atomic E-state index is 13.9. The van der Waals surface area contributed by atoms with Crippen molar-refractivity contribution in [2.75, 3.05) is 12.4 Å². The molecule has 1 aromatic heterocycles. The number of hydrogen-bond acceptors (Lipinski definition) is 5. The van der Waals surface area contributed by atoms with Crippen molar-refractivity contribution in [3.63, 3.8) is 0 Å². The molecule has 2 atom stereocenters. The molecule has 6 nitrogen and oxygen atoms in total. The summed E-state index contributed by atoms with van der Waals surface area (Å²) in [4.78, 5) is 17.5. The molecule has 0 bridgehead atoms. The van der Waals surface area contributed by atoms with Crippen LogP contribution in [0.1, 0.15) is 35.9 Å². The van der Waals surface area contributed by atoms with Gasteiger partial charge in [0.25, 0.3) is 0 Å². The first-order valence-electron chi connectivity index (χ1n) is 9.46. The van der Waals surface area contributed by atoms with E-state index in [4.69, 9.17) is 4.74 Å². The lowest BCUT2D eigenvalue weighted by atomic mass is 9.78. The van der Waals surface area contributed by atoms with Crippen molar-refractivity contribution in [1.29, 1.82) is 0 Å². The molecule has 2 aromatic carbocycles. The summed E-state index contributed by atoms with van der Waals surface area (Å²) < 4.78 is 20.8. The second-order valence-electron chi connectivity index (χ2n) is 7.30. The predicted molar refractivity (Wildman–Crippen MR) is 105 cm³/mol. The first-order valence-corrected chi connectivity index (χ1v) is 9.46. The van der Waals surface area contributed by atoms with Crippen LogP contribution in [0.5, 0.6) is 5.75 Å². The minimum atomic E-state index is -0.483. The molecular formula is C22H19FN4O2. The van der Waals surface area contributed by atoms with E-state index in [-0.39, 0.29) is 17.5 Å². The standard InChI is InChI=1S/C22H19FN4O2/c1-29-17-7-5-13(6-8-17)15-10-18-20(19(28)11-15)21(14-3-2-4-16(23)9-14)27-22(26-18)24-12-25-27/h2-9,12,15,21H,10-11H2,1H3,(H,24,25,26). The number of fused-ring (bicyclic) bond motifs is 1. The first-order chi connectivity index (χ1) is 14.1. The number of rotatable bonds is 3. The number of nitrogens with one attached hydrogen (secondary N) is 1. The molecule has 0 radical (unpaired) electrons. The summed E-state index contributed by atoms with van der Waals surface area (Å²) >= 11 is 0. The van der Waals surface area contributed by atoms with Crippen LogP contribution in [0.2, 0.25) is 0 Å². The minimum Gasteiger partial charge on any atom is -0.497 e. The van der Waals surface area contributed by atoms with Gasteiger partial charge in [-0.05, 0) is 47.7 Å². The van der Waals surface area contributed by atoms with Crippen molar-refractivity contribution < 1.29 is 13.9 Å². The second kappa shape index (κ2) is 6.84. The zero-order chi connectivity index (χ0) is 20.0. The van der Waals surface area contributed by atoms with Crippen LogP contribution in [0.4, 0.5) is 10.3 Å². The van der Waals surface area contributed by atoms with Crippen molar-refractivity contribution in [3.8, 4) is 5.75 Å². The van der Waals surface area contributed by atoms with Gasteiger partial charge < -0.3 is 10.1 Å². The van der Waals surface area contributed by atoms with Gasteiger partial charge in [0.1, 0.15) is 23.9 Å². The lowest BCUT2D eigenvalue weighted by molar-refractivity contribution is -0.116. The molecular weight excluding hydrogens is 371 g/mol. The number of ether oxygens (including phenoxy) is 1. The van der Waals surface area contributed by atoms with Gasteiger partial charge in [0.05, 0.1) is 7.11 Å². The van der Waals surface area contributed by atoms with Crippen molar-refractivity contribution in [3.05, 3.63) is 83.1 Å². The number of hydrogen-bond donors (Lipinski definition) is 1. The number of Topliss-reactive ketones (excluding diaryl/α,β-unsaturated/α-hetero) is 1. The Hall–Kier alpha value is -3.48. The summed E-state index contributed by atoms with van der Waals surface area (Å²) in [6.07, 6.45) is 2.51. The fourth-order valence-electron chi connectivity index (χ4n) is 4.25. The van der Waals surface area contributed by atoms with Gasteiger partial charge in [0.15, 0.2) is 5.78 Å². The largest absolute Gasteiger partial charge is 0.497 e. The molecule has 0 spiro atoms. The van der Waals surface area contributed by atoms with Crippen LogP contribution in [-0.2, 0) is 4.79 Å². The van der Waals surface area contributed by atoms with E-state index in [1.165, 1.54) is 18.5 Å². The molecule has 2 heterocycles. The van der Waals surface area contributed by atoms with Gasteiger partial charge in [-0.1, -0.05) is 24.3 Å².